The van der Waals surface area contributed by atoms with Gasteiger partial charge in [-0.15, -0.1) is 0 Å². The van der Waals surface area contributed by atoms with Gasteiger partial charge in [-0.3, -0.25) is 4.79 Å². The van der Waals surface area contributed by atoms with Gasteiger partial charge in [-0.2, -0.15) is 0 Å². The highest BCUT2D eigenvalue weighted by Gasteiger charge is 2.27. The molecule has 8 heteroatoms. The predicted molar refractivity (Wildman–Crippen MR) is 143 cm³/mol. The van der Waals surface area contributed by atoms with Crippen molar-refractivity contribution >= 4 is 17.6 Å². The van der Waals surface area contributed by atoms with Crippen LogP contribution in [0.25, 0.3) is 0 Å². The van der Waals surface area contributed by atoms with Crippen LogP contribution in [0.3, 0.4) is 0 Å². The van der Waals surface area contributed by atoms with Gasteiger partial charge in [-0.1, -0.05) is 44.2 Å². The van der Waals surface area contributed by atoms with E-state index in [0.717, 1.165) is 38.8 Å². The van der Waals surface area contributed by atoms with Crippen LogP contribution in [0.4, 0.5) is 0 Å². The Bertz CT molecular complexity index is 1050. The van der Waals surface area contributed by atoms with Crippen molar-refractivity contribution < 1.29 is 29.4 Å². The van der Waals surface area contributed by atoms with Crippen LogP contribution in [-0.4, -0.2) is 58.5 Å². The summed E-state index contributed by atoms with van der Waals surface area (Å²) in [6.07, 6.45) is 12.0. The normalized spacial score (nSPS) is 24.2. The molecule has 0 saturated carbocycles. The third-order valence-electron chi connectivity index (χ3n) is 6.71. The zero-order chi connectivity index (χ0) is 26.9. The van der Waals surface area contributed by atoms with E-state index in [-0.39, 0.29) is 47.8 Å². The number of piperidine rings is 1. The van der Waals surface area contributed by atoms with Crippen LogP contribution in [-0.2, 0) is 20.8 Å². The van der Waals surface area contributed by atoms with Gasteiger partial charge in [0, 0.05) is 37.6 Å². The molecule has 1 aromatic carbocycles. The first kappa shape index (κ1) is 28.3. The van der Waals surface area contributed by atoms with Crippen molar-refractivity contribution in [1.29, 1.82) is 0 Å². The van der Waals surface area contributed by atoms with Crippen LogP contribution in [0, 0.1) is 5.92 Å². The second kappa shape index (κ2) is 13.3. The number of esters is 1. The van der Waals surface area contributed by atoms with E-state index in [4.69, 9.17) is 9.57 Å². The second-order valence-corrected chi connectivity index (χ2v) is 10.3. The molecule has 2 N–H and O–H groups in total. The summed E-state index contributed by atoms with van der Waals surface area (Å²) >= 11 is 0. The second-order valence-electron chi connectivity index (χ2n) is 10.3. The minimum absolute atomic E-state index is 0.00764. The summed E-state index contributed by atoms with van der Waals surface area (Å²) in [4.78, 5) is 33.0. The van der Waals surface area contributed by atoms with Gasteiger partial charge in [0.15, 0.2) is 6.61 Å². The zero-order valence-electron chi connectivity index (χ0n) is 22.4. The number of hydrogen-bond acceptors (Lipinski definition) is 7. The number of carbonyl (C=O) groups is 2. The van der Waals surface area contributed by atoms with Gasteiger partial charge in [0.05, 0.1) is 5.71 Å². The van der Waals surface area contributed by atoms with Crippen LogP contribution in [0.2, 0.25) is 0 Å². The molecule has 1 saturated heterocycles. The van der Waals surface area contributed by atoms with Gasteiger partial charge >= 0.3 is 5.97 Å². The average Bonchev–Trinajstić information content (AvgIpc) is 2.83. The van der Waals surface area contributed by atoms with E-state index >= 15 is 0 Å². The van der Waals surface area contributed by atoms with Crippen molar-refractivity contribution in [3.63, 3.8) is 0 Å². The highest BCUT2D eigenvalue weighted by molar-refractivity contribution is 6.01. The maximum absolute atomic E-state index is 13.2. The zero-order valence-corrected chi connectivity index (χ0v) is 22.4. The predicted octanol–water partition coefficient (Wildman–Crippen LogP) is 5.24. The molecule has 37 heavy (non-hydrogen) atoms. The van der Waals surface area contributed by atoms with Gasteiger partial charge in [0.1, 0.15) is 23.2 Å². The number of amides is 1. The lowest BCUT2D eigenvalue weighted by Gasteiger charge is -2.26. The molecular weight excluding hydrogens is 472 g/mol. The number of carbonyl (C=O) groups excluding carboxylic acids is 2. The van der Waals surface area contributed by atoms with E-state index in [2.05, 4.69) is 18.2 Å². The first-order valence-electron chi connectivity index (χ1n) is 13.3. The summed E-state index contributed by atoms with van der Waals surface area (Å²) in [6, 6.07) is 1.19. The number of fused-ring (bicyclic) bond motifs is 1. The molecule has 1 aromatic rings. The summed E-state index contributed by atoms with van der Waals surface area (Å²) in [5, 5.41) is 25.6. The van der Waals surface area contributed by atoms with E-state index in [1.807, 2.05) is 32.1 Å². The number of allylic oxidation sites excluding steroid dienone is 3. The minimum Gasteiger partial charge on any atom is -0.508 e. The summed E-state index contributed by atoms with van der Waals surface area (Å²) < 4.78 is 5.66. The van der Waals surface area contributed by atoms with Crippen molar-refractivity contribution in [3.05, 3.63) is 47.1 Å². The summed E-state index contributed by atoms with van der Waals surface area (Å²) in [6.45, 7) is 8.99. The Kier molecular flexibility index (Phi) is 10.2. The molecule has 0 bridgehead atoms. The van der Waals surface area contributed by atoms with Gasteiger partial charge in [-0.05, 0) is 56.1 Å². The quantitative estimate of drug-likeness (QED) is 0.325. The van der Waals surface area contributed by atoms with E-state index in [0.29, 0.717) is 23.3 Å². The Morgan fingerprint density at radius 3 is 2.57 bits per heavy atom. The molecule has 0 spiro atoms. The molecule has 1 amide bonds. The number of phenolic OH excluding ortho intramolecular Hbond substituents is 2. The third kappa shape index (κ3) is 7.84. The lowest BCUT2D eigenvalue weighted by atomic mass is 9.88. The fourth-order valence-corrected chi connectivity index (χ4v) is 4.78. The van der Waals surface area contributed by atoms with Gasteiger partial charge in [0.2, 0.25) is 0 Å². The maximum atomic E-state index is 13.2. The van der Waals surface area contributed by atoms with Crippen molar-refractivity contribution in [2.45, 2.75) is 78.2 Å². The van der Waals surface area contributed by atoms with Crippen LogP contribution < -0.4 is 0 Å². The van der Waals surface area contributed by atoms with E-state index in [1.165, 1.54) is 6.07 Å². The molecule has 8 nitrogen and oxygen atoms in total. The van der Waals surface area contributed by atoms with E-state index in [9.17, 15) is 19.8 Å². The number of oxime groups is 1. The molecule has 2 atom stereocenters. The molecule has 2 aliphatic rings. The molecule has 1 fully saturated rings. The maximum Gasteiger partial charge on any atom is 0.342 e. The summed E-state index contributed by atoms with van der Waals surface area (Å²) in [7, 11) is 0. The number of likely N-dealkylation sites (tertiary alicyclic amines) is 1. The first-order valence-corrected chi connectivity index (χ1v) is 13.3. The highest BCUT2D eigenvalue weighted by Crippen LogP contribution is 2.38. The number of aromatic hydroxyl groups is 2. The number of nitrogens with zero attached hydrogens (tertiary/aromatic N) is 2. The van der Waals surface area contributed by atoms with Crippen LogP contribution in [0.1, 0.15) is 87.2 Å². The Labute approximate surface area is 219 Å². The molecule has 3 rings (SSSR count). The minimum atomic E-state index is -0.662. The molecule has 0 radical (unpaired) electrons. The number of cyclic esters (lactones) is 1. The summed E-state index contributed by atoms with van der Waals surface area (Å²) in [5.74, 6) is -1.11. The Morgan fingerprint density at radius 2 is 1.86 bits per heavy atom. The number of rotatable bonds is 4. The molecule has 2 heterocycles. The fourth-order valence-electron chi connectivity index (χ4n) is 4.78. The molecule has 0 unspecified atom stereocenters. The Morgan fingerprint density at radius 1 is 1.14 bits per heavy atom. The Hall–Kier alpha value is -3.29. The fraction of sp³-hybridized carbons (Fsp3) is 0.552. The van der Waals surface area contributed by atoms with Crippen LogP contribution in [0.5, 0.6) is 11.5 Å². The molecule has 0 aromatic heterocycles. The molecule has 202 valence electrons. The number of hydrogen-bond donors (Lipinski definition) is 2. The lowest BCUT2D eigenvalue weighted by molar-refractivity contribution is -0.137. The van der Waals surface area contributed by atoms with Gasteiger partial charge in [-0.25, -0.2) is 4.79 Å². The van der Waals surface area contributed by atoms with Gasteiger partial charge < -0.3 is 24.7 Å². The molecule has 0 aliphatic carbocycles. The average molecular weight is 513 g/mol. The van der Waals surface area contributed by atoms with E-state index in [1.54, 1.807) is 11.8 Å². The smallest absolute Gasteiger partial charge is 0.342 e. The van der Waals surface area contributed by atoms with Crippen LogP contribution >= 0.6 is 0 Å². The van der Waals surface area contributed by atoms with Crippen molar-refractivity contribution in [2.75, 3.05) is 19.7 Å². The number of benzene rings is 1. The van der Waals surface area contributed by atoms with Crippen molar-refractivity contribution in [3.8, 4) is 11.5 Å². The summed E-state index contributed by atoms with van der Waals surface area (Å²) in [5.41, 5.74) is 1.44. The van der Waals surface area contributed by atoms with Crippen molar-refractivity contribution in [2.24, 2.45) is 11.1 Å². The largest absolute Gasteiger partial charge is 0.508 e. The lowest BCUT2D eigenvalue weighted by Crippen LogP contribution is -2.37. The highest BCUT2D eigenvalue weighted by atomic mass is 16.6. The first-order chi connectivity index (χ1) is 17.7. The number of phenols is 2. The van der Waals surface area contributed by atoms with Crippen LogP contribution in [0.15, 0.2) is 35.5 Å². The standard InChI is InChI=1S/C29H40N2O6/c1-19(2)27-23-16-22(30-36-18-26(34)31-14-6-5-7-15-31)13-9-11-20(3)10-8-12-21(4)37-29(35)28(23)25(33)17-24(27)32/h8-10,13,17,19-21,32-33H,5-7,11-12,14-16,18H2,1-4H3/b10-8+,13-9+,30-22?/t20-,21-/m1/s1. The monoisotopic (exact) mass is 512 g/mol. The SMILES string of the molecule is CC(C)c1c(O)cc(O)c2c1CC(=NOCC(=O)N1CCCCC1)/C=C/C[C@H](C)/C=C/C[C@@H](C)OC2=O. The topological polar surface area (TPSA) is 109 Å². The molecule has 2 aliphatic heterocycles. The molecular formula is C29H40N2O6. The van der Waals surface area contributed by atoms with Crippen molar-refractivity contribution in [1.82, 2.24) is 4.90 Å². The third-order valence-corrected chi connectivity index (χ3v) is 6.71. The Balaban J connectivity index is 1.99. The van der Waals surface area contributed by atoms with Gasteiger partial charge in [0.25, 0.3) is 5.91 Å². The number of ether oxygens (including phenoxy) is 1. The van der Waals surface area contributed by atoms with E-state index < -0.39 is 12.1 Å².